The molecule has 9 heavy (non-hydrogen) atoms. The summed E-state index contributed by atoms with van der Waals surface area (Å²) in [4.78, 5) is 0. The van der Waals surface area contributed by atoms with Crippen LogP contribution in [0.5, 0.6) is 0 Å². The van der Waals surface area contributed by atoms with Gasteiger partial charge in [-0.3, -0.25) is 0 Å². The molecule has 0 aliphatic rings. The van der Waals surface area contributed by atoms with Crippen molar-refractivity contribution in [3.8, 4) is 0 Å². The molecule has 0 N–H and O–H groups in total. The molecule has 0 nitrogen and oxygen atoms in total. The molecule has 58 valence electrons. The Kier molecular flexibility index (Phi) is 10.5. The second-order valence-electron chi connectivity index (χ2n) is 1.34. The van der Waals surface area contributed by atoms with E-state index in [1.54, 1.807) is 0 Å². The molecule has 0 saturated carbocycles. The Bertz CT molecular complexity index is 141. The van der Waals surface area contributed by atoms with E-state index in [1.807, 2.05) is 18.2 Å². The first-order valence-corrected chi connectivity index (χ1v) is 3.07. The van der Waals surface area contributed by atoms with Crippen molar-refractivity contribution < 1.29 is 44.8 Å². The Balaban J connectivity index is 0. The predicted molar refractivity (Wildman–Crippen MR) is 33.2 cm³/mol. The fourth-order valence-corrected chi connectivity index (χ4v) is 0.789. The molecular formula is C6H6Ag2Se. The molecule has 0 aliphatic carbocycles. The molecule has 3 heteroatoms. The third-order valence-electron chi connectivity index (χ3n) is 0.756. The van der Waals surface area contributed by atoms with Crippen molar-refractivity contribution in [3.63, 3.8) is 0 Å². The third-order valence-corrected chi connectivity index (χ3v) is 1.38. The molecule has 0 atom stereocenters. The molecule has 0 aliphatic heterocycles. The molecule has 0 spiro atoms. The average molecular weight is 373 g/mol. The zero-order valence-corrected chi connectivity index (χ0v) is 9.28. The Hall–Kier alpha value is 1.22. The molecule has 0 unspecified atom stereocenters. The van der Waals surface area contributed by atoms with Crippen LogP contribution in [0.25, 0.3) is 0 Å². The van der Waals surface area contributed by atoms with E-state index < -0.39 is 0 Å². The number of rotatable bonds is 0. The normalized spacial score (nSPS) is 6.78. The maximum atomic E-state index is 2.49. The molecule has 0 fully saturated rings. The molecular weight excluding hydrogens is 367 g/mol. The summed E-state index contributed by atoms with van der Waals surface area (Å²) in [6.07, 6.45) is 0. The van der Waals surface area contributed by atoms with Crippen LogP contribution in [0.2, 0.25) is 0 Å². The van der Waals surface area contributed by atoms with Gasteiger partial charge in [0, 0.05) is 44.8 Å². The first-order valence-electron chi connectivity index (χ1n) is 2.13. The van der Waals surface area contributed by atoms with Crippen LogP contribution in [-0.2, 0) is 44.8 Å². The summed E-state index contributed by atoms with van der Waals surface area (Å²) in [5.41, 5.74) is 0. The van der Waals surface area contributed by atoms with Gasteiger partial charge in [0.15, 0.2) is 0 Å². The van der Waals surface area contributed by atoms with Gasteiger partial charge >= 0.3 is 50.8 Å². The minimum atomic E-state index is 0. The number of hydrogen-bond acceptors (Lipinski definition) is 0. The summed E-state index contributed by atoms with van der Waals surface area (Å²) in [7, 11) is 0. The van der Waals surface area contributed by atoms with Crippen LogP contribution in [0.15, 0.2) is 30.3 Å². The summed E-state index contributed by atoms with van der Waals surface area (Å²) < 4.78 is 1.26. The van der Waals surface area contributed by atoms with Crippen molar-refractivity contribution in [2.24, 2.45) is 0 Å². The van der Waals surface area contributed by atoms with E-state index in [2.05, 4.69) is 28.1 Å². The fraction of sp³-hybridized carbons (Fsp3) is 0. The van der Waals surface area contributed by atoms with E-state index in [9.17, 15) is 0 Å². The Morgan fingerprint density at radius 2 is 1.33 bits per heavy atom. The topological polar surface area (TPSA) is 0 Å². The Labute approximate surface area is 94.6 Å². The minimum absolute atomic E-state index is 0. The van der Waals surface area contributed by atoms with Gasteiger partial charge in [-0.15, -0.1) is 0 Å². The van der Waals surface area contributed by atoms with E-state index in [0.717, 1.165) is 0 Å². The fourth-order valence-electron chi connectivity index (χ4n) is 0.428. The van der Waals surface area contributed by atoms with Gasteiger partial charge in [-0.25, -0.2) is 0 Å². The third kappa shape index (κ3) is 5.65. The summed E-state index contributed by atoms with van der Waals surface area (Å²) >= 11 is 2.49. The van der Waals surface area contributed by atoms with Crippen molar-refractivity contribution in [3.05, 3.63) is 30.3 Å². The zero-order chi connectivity index (χ0) is 5.11. The van der Waals surface area contributed by atoms with Crippen LogP contribution >= 0.6 is 0 Å². The molecule has 1 aromatic carbocycles. The molecule has 1 rings (SSSR count). The molecule has 0 bridgehead atoms. The molecule has 0 amide bonds. The molecule has 2 radical (unpaired) electrons. The summed E-state index contributed by atoms with van der Waals surface area (Å²) in [5.74, 6) is 0. The summed E-state index contributed by atoms with van der Waals surface area (Å²) in [5, 5.41) is 0. The molecule has 0 aromatic heterocycles. The Morgan fingerprint density at radius 3 is 1.56 bits per heavy atom. The van der Waals surface area contributed by atoms with Crippen LogP contribution in [0.3, 0.4) is 0 Å². The Morgan fingerprint density at radius 1 is 0.889 bits per heavy atom. The zero-order valence-electron chi connectivity index (χ0n) is 4.44. The summed E-state index contributed by atoms with van der Waals surface area (Å²) in [6.45, 7) is 0. The van der Waals surface area contributed by atoms with E-state index in [4.69, 9.17) is 0 Å². The van der Waals surface area contributed by atoms with E-state index in [0.29, 0.717) is 0 Å². The van der Waals surface area contributed by atoms with Crippen molar-refractivity contribution in [1.82, 2.24) is 0 Å². The SMILES string of the molecule is [Ag].[Ag].[SeH]c1ccccc1. The predicted octanol–water partition coefficient (Wildman–Crippen LogP) is 0.208. The van der Waals surface area contributed by atoms with Crippen molar-refractivity contribution >= 4 is 20.5 Å². The average Bonchev–Trinajstić information content (AvgIpc) is 1.69. The monoisotopic (exact) mass is 372 g/mol. The van der Waals surface area contributed by atoms with Crippen molar-refractivity contribution in [1.29, 1.82) is 0 Å². The van der Waals surface area contributed by atoms with Crippen LogP contribution in [-0.4, -0.2) is 16.0 Å². The van der Waals surface area contributed by atoms with Gasteiger partial charge in [-0.1, -0.05) is 0 Å². The maximum absolute atomic E-state index is 2.49. The summed E-state index contributed by atoms with van der Waals surface area (Å²) in [6, 6.07) is 10.2. The molecule has 0 saturated heterocycles. The van der Waals surface area contributed by atoms with Gasteiger partial charge in [0.25, 0.3) is 0 Å². The number of hydrogen-bond donors (Lipinski definition) is 0. The second-order valence-corrected chi connectivity index (χ2v) is 2.42. The molecule has 0 heterocycles. The second kappa shape index (κ2) is 7.33. The standard InChI is InChI=1S/C6H6Se.2Ag/c7-6-4-2-1-3-5-6;;/h1-5,7H;;. The van der Waals surface area contributed by atoms with E-state index >= 15 is 0 Å². The van der Waals surface area contributed by atoms with Crippen LogP contribution < -0.4 is 4.46 Å². The van der Waals surface area contributed by atoms with Gasteiger partial charge in [0.2, 0.25) is 0 Å². The van der Waals surface area contributed by atoms with Crippen molar-refractivity contribution in [2.45, 2.75) is 0 Å². The van der Waals surface area contributed by atoms with Crippen LogP contribution in [0.4, 0.5) is 0 Å². The quantitative estimate of drug-likeness (QED) is 0.571. The van der Waals surface area contributed by atoms with Gasteiger partial charge < -0.3 is 0 Å². The number of benzene rings is 1. The first-order chi connectivity index (χ1) is 3.39. The first kappa shape index (κ1) is 12.9. The molecule has 1 aromatic rings. The van der Waals surface area contributed by atoms with E-state index in [-0.39, 0.29) is 44.8 Å². The van der Waals surface area contributed by atoms with Gasteiger partial charge in [0.05, 0.1) is 0 Å². The van der Waals surface area contributed by atoms with Gasteiger partial charge in [-0.05, 0) is 0 Å². The van der Waals surface area contributed by atoms with Gasteiger partial charge in [0.1, 0.15) is 0 Å². The van der Waals surface area contributed by atoms with E-state index in [1.165, 1.54) is 4.46 Å². The van der Waals surface area contributed by atoms with Crippen LogP contribution in [0.1, 0.15) is 0 Å². The van der Waals surface area contributed by atoms with Gasteiger partial charge in [-0.2, -0.15) is 0 Å². The van der Waals surface area contributed by atoms with Crippen molar-refractivity contribution in [2.75, 3.05) is 0 Å². The van der Waals surface area contributed by atoms with Crippen LogP contribution in [0, 0.1) is 0 Å².